The fourth-order valence-corrected chi connectivity index (χ4v) is 3.46. The molecule has 1 aliphatic rings. The Balaban J connectivity index is 1.77. The largest absolute Gasteiger partial charge is 0.381 e. The van der Waals surface area contributed by atoms with Crippen LogP contribution in [-0.2, 0) is 0 Å². The summed E-state index contributed by atoms with van der Waals surface area (Å²) >= 11 is 3.59. The molecule has 5 nitrogen and oxygen atoms in total. The van der Waals surface area contributed by atoms with Crippen molar-refractivity contribution < 1.29 is 0 Å². The molecular formula is C15H21BrN4O. The van der Waals surface area contributed by atoms with E-state index in [9.17, 15) is 4.79 Å². The number of hydrogen-bond acceptors (Lipinski definition) is 3. The number of rotatable bonds is 3. The van der Waals surface area contributed by atoms with Crippen LogP contribution in [0.4, 0.5) is 5.69 Å². The summed E-state index contributed by atoms with van der Waals surface area (Å²) in [7, 11) is 0. The smallest absolute Gasteiger partial charge is 0.323 e. The molecule has 114 valence electrons. The first-order valence-electron chi connectivity index (χ1n) is 7.56. The van der Waals surface area contributed by atoms with Crippen LogP contribution in [0.25, 0.3) is 11.0 Å². The number of imidazole rings is 1. The van der Waals surface area contributed by atoms with E-state index in [0.29, 0.717) is 6.04 Å². The van der Waals surface area contributed by atoms with Crippen LogP contribution in [-0.4, -0.2) is 40.5 Å². The van der Waals surface area contributed by atoms with E-state index in [0.717, 1.165) is 40.7 Å². The number of H-pyrrole nitrogens is 2. The highest BCUT2D eigenvalue weighted by molar-refractivity contribution is 9.10. The van der Waals surface area contributed by atoms with Gasteiger partial charge in [0.05, 0.1) is 16.7 Å². The average Bonchev–Trinajstić information content (AvgIpc) is 2.68. The summed E-state index contributed by atoms with van der Waals surface area (Å²) < 4.78 is 0.988. The van der Waals surface area contributed by atoms with Crippen LogP contribution in [0.1, 0.15) is 26.2 Å². The van der Waals surface area contributed by atoms with Gasteiger partial charge in [0.25, 0.3) is 0 Å². The molecule has 21 heavy (non-hydrogen) atoms. The van der Waals surface area contributed by atoms with Crippen molar-refractivity contribution in [1.82, 2.24) is 14.9 Å². The normalized spacial score (nSPS) is 20.6. The summed E-state index contributed by atoms with van der Waals surface area (Å²) in [6.07, 6.45) is 3.57. The van der Waals surface area contributed by atoms with Gasteiger partial charge < -0.3 is 20.2 Å². The van der Waals surface area contributed by atoms with E-state index in [2.05, 4.69) is 43.0 Å². The van der Waals surface area contributed by atoms with Crippen molar-refractivity contribution in [2.45, 2.75) is 32.2 Å². The lowest BCUT2D eigenvalue weighted by molar-refractivity contribution is 0.300. The predicted octanol–water partition coefficient (Wildman–Crippen LogP) is 2.91. The number of anilines is 1. The lowest BCUT2D eigenvalue weighted by Gasteiger charge is -2.20. The zero-order valence-corrected chi connectivity index (χ0v) is 13.8. The molecule has 0 saturated carbocycles. The topological polar surface area (TPSA) is 63.9 Å². The van der Waals surface area contributed by atoms with Gasteiger partial charge in [-0.25, -0.2) is 4.79 Å². The minimum absolute atomic E-state index is 0.165. The van der Waals surface area contributed by atoms with Gasteiger partial charge in [-0.1, -0.05) is 6.92 Å². The fourth-order valence-electron chi connectivity index (χ4n) is 3.00. The highest BCUT2D eigenvalue weighted by Gasteiger charge is 2.17. The Morgan fingerprint density at radius 1 is 1.29 bits per heavy atom. The molecule has 0 spiro atoms. The molecule has 2 heterocycles. The number of aromatic amines is 2. The third kappa shape index (κ3) is 3.32. The molecular weight excluding hydrogens is 332 g/mol. The monoisotopic (exact) mass is 352 g/mol. The standard InChI is InChI=1S/C15H21BrN4O/c1-2-20-6-3-4-10(5-7-20)17-12-9-14-13(8-11(12)16)18-15(21)19-14/h8-10,17H,2-7H2,1H3,(H2,18,19,21). The summed E-state index contributed by atoms with van der Waals surface area (Å²) in [6.45, 7) is 5.70. The second-order valence-electron chi connectivity index (χ2n) is 5.66. The van der Waals surface area contributed by atoms with Crippen LogP contribution in [0, 0.1) is 0 Å². The number of nitrogens with zero attached hydrogens (tertiary/aromatic N) is 1. The number of nitrogens with one attached hydrogen (secondary N) is 3. The molecule has 1 saturated heterocycles. The zero-order chi connectivity index (χ0) is 14.8. The van der Waals surface area contributed by atoms with Crippen LogP contribution in [0.3, 0.4) is 0 Å². The second-order valence-corrected chi connectivity index (χ2v) is 6.52. The Bertz CT molecular complexity index is 678. The van der Waals surface area contributed by atoms with Gasteiger partial charge in [0.1, 0.15) is 0 Å². The Labute approximate surface area is 132 Å². The Hall–Kier alpha value is -1.27. The fraction of sp³-hybridized carbons (Fsp3) is 0.533. The lowest BCUT2D eigenvalue weighted by Crippen LogP contribution is -2.26. The first-order chi connectivity index (χ1) is 10.2. The van der Waals surface area contributed by atoms with Crippen LogP contribution < -0.4 is 11.0 Å². The molecule has 1 aromatic heterocycles. The van der Waals surface area contributed by atoms with Gasteiger partial charge in [-0.2, -0.15) is 0 Å². The van der Waals surface area contributed by atoms with E-state index in [4.69, 9.17) is 0 Å². The molecule has 0 radical (unpaired) electrons. The van der Waals surface area contributed by atoms with Gasteiger partial charge in [0, 0.05) is 17.1 Å². The summed E-state index contributed by atoms with van der Waals surface area (Å²) in [6, 6.07) is 4.44. The first kappa shape index (κ1) is 14.7. The second kappa shape index (κ2) is 6.23. The first-order valence-corrected chi connectivity index (χ1v) is 8.35. The van der Waals surface area contributed by atoms with Gasteiger partial charge >= 0.3 is 5.69 Å². The highest BCUT2D eigenvalue weighted by Crippen LogP contribution is 2.28. The van der Waals surface area contributed by atoms with Crippen molar-refractivity contribution in [3.8, 4) is 0 Å². The number of aromatic nitrogens is 2. The maximum Gasteiger partial charge on any atom is 0.323 e. The van der Waals surface area contributed by atoms with E-state index < -0.39 is 0 Å². The average molecular weight is 353 g/mol. The van der Waals surface area contributed by atoms with Gasteiger partial charge in [-0.15, -0.1) is 0 Å². The number of halogens is 1. The molecule has 0 aliphatic carbocycles. The molecule has 1 fully saturated rings. The van der Waals surface area contributed by atoms with Gasteiger partial charge in [-0.3, -0.25) is 0 Å². The summed E-state index contributed by atoms with van der Waals surface area (Å²) in [5.74, 6) is 0. The number of hydrogen-bond donors (Lipinski definition) is 3. The maximum atomic E-state index is 11.4. The van der Waals surface area contributed by atoms with Crippen LogP contribution in [0.2, 0.25) is 0 Å². The number of likely N-dealkylation sites (tertiary alicyclic amines) is 1. The summed E-state index contributed by atoms with van der Waals surface area (Å²) in [5.41, 5.74) is 2.56. The molecule has 1 aromatic carbocycles. The van der Waals surface area contributed by atoms with Crippen molar-refractivity contribution in [1.29, 1.82) is 0 Å². The van der Waals surface area contributed by atoms with Crippen LogP contribution >= 0.6 is 15.9 Å². The maximum absolute atomic E-state index is 11.4. The quantitative estimate of drug-likeness (QED) is 0.795. The van der Waals surface area contributed by atoms with Gasteiger partial charge in [0.15, 0.2) is 0 Å². The molecule has 3 rings (SSSR count). The lowest BCUT2D eigenvalue weighted by atomic mass is 10.1. The number of benzene rings is 1. The van der Waals surface area contributed by atoms with E-state index in [-0.39, 0.29) is 5.69 Å². The predicted molar refractivity (Wildman–Crippen MR) is 90.0 cm³/mol. The van der Waals surface area contributed by atoms with E-state index >= 15 is 0 Å². The molecule has 0 bridgehead atoms. The molecule has 1 aliphatic heterocycles. The SMILES string of the molecule is CCN1CCCC(Nc2cc3[nH]c(=O)[nH]c3cc2Br)CC1. The van der Waals surface area contributed by atoms with Crippen LogP contribution in [0.5, 0.6) is 0 Å². The minimum atomic E-state index is -0.165. The summed E-state index contributed by atoms with van der Waals surface area (Å²) in [5, 5.41) is 3.63. The highest BCUT2D eigenvalue weighted by atomic mass is 79.9. The van der Waals surface area contributed by atoms with Crippen molar-refractivity contribution in [2.24, 2.45) is 0 Å². The van der Waals surface area contributed by atoms with E-state index in [1.807, 2.05) is 12.1 Å². The molecule has 1 unspecified atom stereocenters. The van der Waals surface area contributed by atoms with Crippen molar-refractivity contribution >= 4 is 32.7 Å². The Morgan fingerprint density at radius 2 is 2.05 bits per heavy atom. The molecule has 0 amide bonds. The van der Waals surface area contributed by atoms with Crippen molar-refractivity contribution in [3.63, 3.8) is 0 Å². The van der Waals surface area contributed by atoms with Gasteiger partial charge in [-0.05, 0) is 60.4 Å². The Kier molecular flexibility index (Phi) is 4.35. The third-order valence-corrected chi connectivity index (χ3v) is 4.89. The van der Waals surface area contributed by atoms with Gasteiger partial charge in [0.2, 0.25) is 0 Å². The molecule has 6 heteroatoms. The molecule has 2 aromatic rings. The van der Waals surface area contributed by atoms with Crippen LogP contribution in [0.15, 0.2) is 21.4 Å². The van der Waals surface area contributed by atoms with E-state index in [1.54, 1.807) is 0 Å². The zero-order valence-electron chi connectivity index (χ0n) is 12.2. The molecule has 3 N–H and O–H groups in total. The third-order valence-electron chi connectivity index (χ3n) is 4.23. The van der Waals surface area contributed by atoms with E-state index in [1.165, 1.54) is 19.4 Å². The Morgan fingerprint density at radius 3 is 2.81 bits per heavy atom. The minimum Gasteiger partial charge on any atom is -0.381 e. The molecule has 1 atom stereocenters. The van der Waals surface area contributed by atoms with Crippen molar-refractivity contribution in [2.75, 3.05) is 25.0 Å². The van der Waals surface area contributed by atoms with Crippen molar-refractivity contribution in [3.05, 3.63) is 27.1 Å². The summed E-state index contributed by atoms with van der Waals surface area (Å²) in [4.78, 5) is 19.5. The number of fused-ring (bicyclic) bond motifs is 1.